The first kappa shape index (κ1) is 20.3. The Kier molecular flexibility index (Phi) is 8.73. The number of rotatable bonds is 1. The predicted molar refractivity (Wildman–Crippen MR) is 62.5 cm³/mol. The zero-order chi connectivity index (χ0) is 15.9. The highest BCUT2D eigenvalue weighted by molar-refractivity contribution is 7.80. The molecule has 0 aliphatic rings. The molecule has 0 aliphatic heterocycles. The second-order valence-corrected chi connectivity index (χ2v) is 4.87. The standard InChI is InChI=1S/C7H13N2.2H2O4S/c1-4-9-6-5-8(3)7(9)2;2*1-5(2,3)4/h5-6H,4H2,1-3H3;2*(H2,1,2,3,4)/q+1;;/p-1. The Morgan fingerprint density at radius 2 is 1.58 bits per heavy atom. The van der Waals surface area contributed by atoms with Crippen LogP contribution >= 0.6 is 0 Å². The first-order chi connectivity index (χ1) is 8.25. The summed E-state index contributed by atoms with van der Waals surface area (Å²) >= 11 is 0. The van der Waals surface area contributed by atoms with E-state index < -0.39 is 20.8 Å². The summed E-state index contributed by atoms with van der Waals surface area (Å²) in [5, 5.41) is 0. The molecule has 0 saturated carbocycles. The molecule has 1 rings (SSSR count). The molecule has 0 aromatic carbocycles. The molecule has 1 heterocycles. The molecule has 0 spiro atoms. The van der Waals surface area contributed by atoms with Gasteiger partial charge in [0.2, 0.25) is 10.4 Å². The van der Waals surface area contributed by atoms with Crippen molar-refractivity contribution >= 4 is 20.8 Å². The van der Waals surface area contributed by atoms with Crippen molar-refractivity contribution in [1.29, 1.82) is 0 Å². The fourth-order valence-corrected chi connectivity index (χ4v) is 0.933. The molecule has 0 radical (unpaired) electrons. The van der Waals surface area contributed by atoms with Gasteiger partial charge in [-0.2, -0.15) is 8.42 Å². The normalized spacial score (nSPS) is 10.9. The van der Waals surface area contributed by atoms with Crippen molar-refractivity contribution in [1.82, 2.24) is 4.57 Å². The van der Waals surface area contributed by atoms with Crippen LogP contribution in [0.15, 0.2) is 12.4 Å². The lowest BCUT2D eigenvalue weighted by Gasteiger charge is -1.90. The predicted octanol–water partition coefficient (Wildman–Crippen LogP) is -1.01. The van der Waals surface area contributed by atoms with E-state index in [9.17, 15) is 0 Å². The van der Waals surface area contributed by atoms with Crippen molar-refractivity contribution in [2.75, 3.05) is 0 Å². The third-order valence-corrected chi connectivity index (χ3v) is 1.74. The molecule has 0 amide bonds. The lowest BCUT2D eigenvalue weighted by molar-refractivity contribution is -0.677. The first-order valence-electron chi connectivity index (χ1n) is 4.65. The third kappa shape index (κ3) is 19.5. The van der Waals surface area contributed by atoms with Gasteiger partial charge in [-0.25, -0.2) is 17.6 Å². The zero-order valence-electron chi connectivity index (χ0n) is 10.5. The zero-order valence-corrected chi connectivity index (χ0v) is 12.1. The summed E-state index contributed by atoms with van der Waals surface area (Å²) < 4.78 is 68.7. The second-order valence-electron chi connectivity index (χ2n) is 3.12. The maximum Gasteiger partial charge on any atom is 0.394 e. The monoisotopic (exact) mass is 320 g/mol. The molecular weight excluding hydrogens is 304 g/mol. The molecule has 3 N–H and O–H groups in total. The lowest BCUT2D eigenvalue weighted by Crippen LogP contribution is -2.29. The van der Waals surface area contributed by atoms with Crippen LogP contribution in [0.4, 0.5) is 0 Å². The van der Waals surface area contributed by atoms with Crippen molar-refractivity contribution in [2.24, 2.45) is 7.05 Å². The van der Waals surface area contributed by atoms with Crippen LogP contribution in [0.25, 0.3) is 0 Å². The number of nitrogens with zero attached hydrogens (tertiary/aromatic N) is 2. The molecule has 1 aromatic heterocycles. The molecule has 0 aliphatic carbocycles. The topological polar surface area (TPSA) is 161 Å². The van der Waals surface area contributed by atoms with Gasteiger partial charge < -0.3 is 4.55 Å². The average Bonchev–Trinajstić information content (AvgIpc) is 2.41. The van der Waals surface area contributed by atoms with Crippen molar-refractivity contribution in [3.05, 3.63) is 18.2 Å². The van der Waals surface area contributed by atoms with Gasteiger partial charge in [0.25, 0.3) is 5.82 Å². The molecule has 0 saturated heterocycles. The average molecular weight is 320 g/mol. The van der Waals surface area contributed by atoms with Gasteiger partial charge in [0.1, 0.15) is 12.4 Å². The molecular formula is C7H16N2O8S2. The van der Waals surface area contributed by atoms with Crippen LogP contribution in [0, 0.1) is 6.92 Å². The molecule has 0 atom stereocenters. The van der Waals surface area contributed by atoms with E-state index in [4.69, 9.17) is 35.0 Å². The largest absolute Gasteiger partial charge is 0.726 e. The van der Waals surface area contributed by atoms with Gasteiger partial charge in [0.15, 0.2) is 0 Å². The van der Waals surface area contributed by atoms with Crippen LogP contribution in [0.5, 0.6) is 0 Å². The lowest BCUT2D eigenvalue weighted by atomic mass is 10.6. The minimum absolute atomic E-state index is 1.06. The highest BCUT2D eigenvalue weighted by Gasteiger charge is 2.03. The van der Waals surface area contributed by atoms with E-state index in [1.54, 1.807) is 0 Å². The van der Waals surface area contributed by atoms with E-state index in [1.807, 2.05) is 0 Å². The SMILES string of the molecule is CCn1cc[n+](C)c1C.O=S(=O)(O)O.O=S(=O)([O-])O. The third-order valence-electron chi connectivity index (χ3n) is 1.74. The summed E-state index contributed by atoms with van der Waals surface area (Å²) in [7, 11) is -7.53. The maximum absolute atomic E-state index is 8.74. The number of aryl methyl sites for hydroxylation is 2. The summed E-state index contributed by atoms with van der Waals surface area (Å²) in [5.41, 5.74) is 0. The van der Waals surface area contributed by atoms with Crippen LogP contribution in [-0.4, -0.2) is 39.6 Å². The van der Waals surface area contributed by atoms with Crippen LogP contribution in [0.2, 0.25) is 0 Å². The molecule has 12 heteroatoms. The summed E-state index contributed by atoms with van der Waals surface area (Å²) in [6.45, 7) is 5.32. The number of hydrogen-bond acceptors (Lipinski definition) is 5. The molecule has 114 valence electrons. The van der Waals surface area contributed by atoms with Crippen molar-refractivity contribution in [3.63, 3.8) is 0 Å². The Hall–Kier alpha value is -1.05. The fraction of sp³-hybridized carbons (Fsp3) is 0.571. The van der Waals surface area contributed by atoms with Gasteiger partial charge in [-0.1, -0.05) is 0 Å². The van der Waals surface area contributed by atoms with Gasteiger partial charge in [0, 0.05) is 6.92 Å². The van der Waals surface area contributed by atoms with Gasteiger partial charge >= 0.3 is 10.4 Å². The van der Waals surface area contributed by atoms with Crippen LogP contribution in [0.3, 0.4) is 0 Å². The Bertz CT molecular complexity index is 528. The van der Waals surface area contributed by atoms with Crippen molar-refractivity contribution in [2.45, 2.75) is 20.4 Å². The molecule has 19 heavy (non-hydrogen) atoms. The molecule has 0 bridgehead atoms. The van der Waals surface area contributed by atoms with Gasteiger partial charge in [-0.3, -0.25) is 13.7 Å². The molecule has 0 fully saturated rings. The van der Waals surface area contributed by atoms with Gasteiger partial charge in [-0.15, -0.1) is 0 Å². The minimum atomic E-state index is -4.92. The smallest absolute Gasteiger partial charge is 0.394 e. The molecule has 0 unspecified atom stereocenters. The number of hydrogen-bond donors (Lipinski definition) is 3. The summed E-state index contributed by atoms with van der Waals surface area (Å²) in [5.74, 6) is 1.30. The second kappa shape index (κ2) is 8.19. The number of imidazole rings is 1. The summed E-state index contributed by atoms with van der Waals surface area (Å²) in [6, 6.07) is 0. The number of aromatic nitrogens is 2. The Morgan fingerprint density at radius 3 is 1.68 bits per heavy atom. The summed E-state index contributed by atoms with van der Waals surface area (Å²) in [4.78, 5) is 0. The summed E-state index contributed by atoms with van der Waals surface area (Å²) in [6.07, 6.45) is 4.16. The van der Waals surface area contributed by atoms with Crippen molar-refractivity contribution in [3.8, 4) is 0 Å². The van der Waals surface area contributed by atoms with E-state index in [-0.39, 0.29) is 0 Å². The van der Waals surface area contributed by atoms with E-state index >= 15 is 0 Å². The minimum Gasteiger partial charge on any atom is -0.726 e. The highest BCUT2D eigenvalue weighted by atomic mass is 32.3. The fourth-order valence-electron chi connectivity index (χ4n) is 0.933. The Morgan fingerprint density at radius 1 is 1.26 bits per heavy atom. The van der Waals surface area contributed by atoms with Gasteiger partial charge in [-0.05, 0) is 6.92 Å². The highest BCUT2D eigenvalue weighted by Crippen LogP contribution is 1.89. The quantitative estimate of drug-likeness (QED) is 0.337. The van der Waals surface area contributed by atoms with Crippen LogP contribution < -0.4 is 4.57 Å². The van der Waals surface area contributed by atoms with Crippen molar-refractivity contribution < 1.29 is 39.6 Å². The van der Waals surface area contributed by atoms with Crippen LogP contribution in [-0.2, 0) is 34.4 Å². The van der Waals surface area contributed by atoms with Gasteiger partial charge in [0.05, 0.1) is 13.6 Å². The first-order valence-corrected chi connectivity index (χ1v) is 7.41. The maximum atomic E-state index is 8.74. The molecule has 1 aromatic rings. The Labute approximate surface area is 111 Å². The van der Waals surface area contributed by atoms with E-state index in [2.05, 4.69) is 42.4 Å². The molecule has 10 nitrogen and oxygen atoms in total. The Balaban J connectivity index is 0. The van der Waals surface area contributed by atoms with E-state index in [1.165, 1.54) is 5.82 Å². The van der Waals surface area contributed by atoms with E-state index in [0.717, 1.165) is 6.54 Å². The van der Waals surface area contributed by atoms with Crippen LogP contribution in [0.1, 0.15) is 12.7 Å². The van der Waals surface area contributed by atoms with E-state index in [0.29, 0.717) is 0 Å².